The molecule has 0 spiro atoms. The smallest absolute Gasteiger partial charge is 0.314 e. The van der Waals surface area contributed by atoms with Crippen molar-refractivity contribution in [2.24, 2.45) is 0 Å². The van der Waals surface area contributed by atoms with Gasteiger partial charge in [-0.05, 0) is 37.6 Å². The second-order valence-corrected chi connectivity index (χ2v) is 6.55. The highest BCUT2D eigenvalue weighted by Crippen LogP contribution is 2.42. The molecule has 0 unspecified atom stereocenters. The number of rotatable bonds is 3. The minimum atomic E-state index is -0.887. The molecule has 1 aliphatic heterocycles. The van der Waals surface area contributed by atoms with Crippen molar-refractivity contribution in [1.82, 2.24) is 4.90 Å². The van der Waals surface area contributed by atoms with Gasteiger partial charge in [0.15, 0.2) is 0 Å². The molecule has 0 amide bonds. The fraction of sp³-hybridized carbons (Fsp3) is 0.588. The summed E-state index contributed by atoms with van der Waals surface area (Å²) >= 11 is 0. The van der Waals surface area contributed by atoms with Crippen molar-refractivity contribution in [3.63, 3.8) is 0 Å². The first-order valence-corrected chi connectivity index (χ1v) is 8.00. The Bertz CT molecular complexity index is 562. The first-order chi connectivity index (χ1) is 10.5. The number of piperazine rings is 1. The number of anilines is 1. The molecule has 0 atom stereocenters. The average Bonchev–Trinajstić information content (AvgIpc) is 2.99. The highest BCUT2D eigenvalue weighted by atomic mass is 19.1. The Hall–Kier alpha value is -1.62. The van der Waals surface area contributed by atoms with Gasteiger partial charge in [0.05, 0.1) is 11.1 Å². The van der Waals surface area contributed by atoms with Gasteiger partial charge in [0.25, 0.3) is 0 Å². The molecule has 1 heterocycles. The van der Waals surface area contributed by atoms with Gasteiger partial charge in [-0.2, -0.15) is 0 Å². The number of hydrogen-bond donors (Lipinski definition) is 1. The van der Waals surface area contributed by atoms with Crippen LogP contribution in [-0.2, 0) is 10.2 Å². The van der Waals surface area contributed by atoms with Gasteiger partial charge < -0.3 is 14.9 Å². The van der Waals surface area contributed by atoms with Crippen molar-refractivity contribution in [3.8, 4) is 0 Å². The van der Waals surface area contributed by atoms with E-state index in [0.717, 1.165) is 39.0 Å². The maximum Gasteiger partial charge on any atom is 0.314 e. The lowest BCUT2D eigenvalue weighted by Crippen LogP contribution is -2.44. The molecule has 1 aliphatic carbocycles. The van der Waals surface area contributed by atoms with Gasteiger partial charge in [0.2, 0.25) is 0 Å². The van der Waals surface area contributed by atoms with Crippen molar-refractivity contribution in [2.75, 3.05) is 38.1 Å². The molecular weight excluding hydrogens is 283 g/mol. The summed E-state index contributed by atoms with van der Waals surface area (Å²) in [6.07, 6.45) is 3.01. The van der Waals surface area contributed by atoms with Crippen LogP contribution in [0, 0.1) is 5.82 Å². The largest absolute Gasteiger partial charge is 0.481 e. The number of carbonyl (C=O) groups is 1. The number of nitrogens with zero attached hydrogens (tertiary/aromatic N) is 2. The van der Waals surface area contributed by atoms with E-state index < -0.39 is 11.4 Å². The maximum absolute atomic E-state index is 14.6. The lowest BCUT2D eigenvalue weighted by molar-refractivity contribution is -0.143. The first kappa shape index (κ1) is 15.3. The average molecular weight is 306 g/mol. The van der Waals surface area contributed by atoms with Crippen LogP contribution >= 0.6 is 0 Å². The summed E-state index contributed by atoms with van der Waals surface area (Å²) < 4.78 is 14.6. The molecule has 22 heavy (non-hydrogen) atoms. The summed E-state index contributed by atoms with van der Waals surface area (Å²) in [5, 5.41) is 9.62. The second-order valence-electron chi connectivity index (χ2n) is 6.55. The van der Waals surface area contributed by atoms with Gasteiger partial charge in [-0.15, -0.1) is 0 Å². The number of carboxylic acid groups (broad SMARTS) is 1. The highest BCUT2D eigenvalue weighted by molar-refractivity contribution is 5.82. The number of carboxylic acids is 1. The van der Waals surface area contributed by atoms with Crippen LogP contribution in [0.4, 0.5) is 10.1 Å². The minimum Gasteiger partial charge on any atom is -0.481 e. The third-order valence-electron chi connectivity index (χ3n) is 5.21. The Morgan fingerprint density at radius 3 is 2.36 bits per heavy atom. The van der Waals surface area contributed by atoms with E-state index in [4.69, 9.17) is 0 Å². The highest BCUT2D eigenvalue weighted by Gasteiger charge is 2.43. The monoisotopic (exact) mass is 306 g/mol. The lowest BCUT2D eigenvalue weighted by Gasteiger charge is -2.34. The number of aliphatic carboxylic acids is 1. The van der Waals surface area contributed by atoms with E-state index in [1.165, 1.54) is 6.07 Å². The Kier molecular flexibility index (Phi) is 4.08. The van der Waals surface area contributed by atoms with Crippen LogP contribution in [0.15, 0.2) is 18.2 Å². The van der Waals surface area contributed by atoms with E-state index >= 15 is 0 Å². The molecule has 4 nitrogen and oxygen atoms in total. The summed E-state index contributed by atoms with van der Waals surface area (Å²) in [6.45, 7) is 3.44. The van der Waals surface area contributed by atoms with Gasteiger partial charge in [-0.25, -0.2) is 4.39 Å². The quantitative estimate of drug-likeness (QED) is 0.932. The van der Waals surface area contributed by atoms with Crippen LogP contribution in [0.1, 0.15) is 31.2 Å². The molecule has 0 radical (unpaired) electrons. The number of hydrogen-bond acceptors (Lipinski definition) is 3. The summed E-state index contributed by atoms with van der Waals surface area (Å²) in [7, 11) is 2.06. The van der Waals surface area contributed by atoms with E-state index in [2.05, 4.69) is 11.9 Å². The SMILES string of the molecule is CN1CCN(c2ccc(C3(C(=O)O)CCCC3)cc2F)CC1. The third-order valence-corrected chi connectivity index (χ3v) is 5.21. The van der Waals surface area contributed by atoms with Gasteiger partial charge >= 0.3 is 5.97 Å². The fourth-order valence-electron chi connectivity index (χ4n) is 3.71. The van der Waals surface area contributed by atoms with Gasteiger partial charge in [0, 0.05) is 26.2 Å². The first-order valence-electron chi connectivity index (χ1n) is 8.00. The Morgan fingerprint density at radius 1 is 1.18 bits per heavy atom. The van der Waals surface area contributed by atoms with Crippen molar-refractivity contribution in [3.05, 3.63) is 29.6 Å². The van der Waals surface area contributed by atoms with Crippen LogP contribution in [-0.4, -0.2) is 49.2 Å². The minimum absolute atomic E-state index is 0.297. The lowest BCUT2D eigenvalue weighted by atomic mass is 9.79. The Labute approximate surface area is 130 Å². The standard InChI is InChI=1S/C17H23FN2O2/c1-19-8-10-20(11-9-19)15-5-4-13(12-14(15)18)17(16(21)22)6-2-3-7-17/h4-5,12H,2-3,6-11H2,1H3,(H,21,22). The van der Waals surface area contributed by atoms with Crippen molar-refractivity contribution >= 4 is 11.7 Å². The van der Waals surface area contributed by atoms with Crippen LogP contribution in [0.2, 0.25) is 0 Å². The molecule has 2 fully saturated rings. The van der Waals surface area contributed by atoms with E-state index in [0.29, 0.717) is 24.1 Å². The van der Waals surface area contributed by atoms with E-state index in [1.54, 1.807) is 6.07 Å². The zero-order chi connectivity index (χ0) is 15.7. The molecule has 120 valence electrons. The molecule has 3 rings (SSSR count). The molecule has 1 N–H and O–H groups in total. The fourth-order valence-corrected chi connectivity index (χ4v) is 3.71. The van der Waals surface area contributed by atoms with Crippen LogP contribution in [0.3, 0.4) is 0 Å². The molecular formula is C17H23FN2O2. The Balaban J connectivity index is 1.87. The van der Waals surface area contributed by atoms with Crippen LogP contribution in [0.25, 0.3) is 0 Å². The maximum atomic E-state index is 14.6. The topological polar surface area (TPSA) is 43.8 Å². The number of likely N-dealkylation sites (N-methyl/N-ethyl adjacent to an activating group) is 1. The summed E-state index contributed by atoms with van der Waals surface area (Å²) in [5.74, 6) is -1.12. The summed E-state index contributed by atoms with van der Waals surface area (Å²) in [6, 6.07) is 5.03. The predicted molar refractivity (Wildman–Crippen MR) is 83.9 cm³/mol. The summed E-state index contributed by atoms with van der Waals surface area (Å²) in [4.78, 5) is 16.0. The zero-order valence-corrected chi connectivity index (χ0v) is 13.0. The van der Waals surface area contributed by atoms with Crippen LogP contribution in [0.5, 0.6) is 0 Å². The number of benzene rings is 1. The van der Waals surface area contributed by atoms with E-state index in [1.807, 2.05) is 11.0 Å². The molecule has 1 saturated carbocycles. The molecule has 5 heteroatoms. The van der Waals surface area contributed by atoms with E-state index in [-0.39, 0.29) is 5.82 Å². The molecule has 2 aliphatic rings. The predicted octanol–water partition coefficient (Wildman–Crippen LogP) is 2.47. The second kappa shape index (κ2) is 5.88. The molecule has 1 aromatic rings. The number of halogens is 1. The molecule has 1 aromatic carbocycles. The molecule has 1 saturated heterocycles. The van der Waals surface area contributed by atoms with Crippen molar-refractivity contribution in [2.45, 2.75) is 31.1 Å². The van der Waals surface area contributed by atoms with Gasteiger partial charge in [0.1, 0.15) is 5.82 Å². The third kappa shape index (κ3) is 2.58. The van der Waals surface area contributed by atoms with Crippen LogP contribution < -0.4 is 4.90 Å². The Morgan fingerprint density at radius 2 is 1.82 bits per heavy atom. The van der Waals surface area contributed by atoms with Gasteiger partial charge in [-0.1, -0.05) is 18.9 Å². The molecule has 0 aromatic heterocycles. The van der Waals surface area contributed by atoms with Crippen molar-refractivity contribution < 1.29 is 14.3 Å². The summed E-state index contributed by atoms with van der Waals surface area (Å²) in [5.41, 5.74) is 0.324. The molecule has 0 bridgehead atoms. The van der Waals surface area contributed by atoms with Crippen molar-refractivity contribution in [1.29, 1.82) is 0 Å². The normalized spacial score (nSPS) is 22.0. The van der Waals surface area contributed by atoms with E-state index in [9.17, 15) is 14.3 Å². The van der Waals surface area contributed by atoms with Gasteiger partial charge in [-0.3, -0.25) is 4.79 Å². The zero-order valence-electron chi connectivity index (χ0n) is 13.0.